The Morgan fingerprint density at radius 2 is 2.17 bits per heavy atom. The first kappa shape index (κ1) is 19.6. The highest BCUT2D eigenvalue weighted by molar-refractivity contribution is 5.96. The lowest BCUT2D eigenvalue weighted by Gasteiger charge is -2.14. The first-order valence-electron chi connectivity index (χ1n) is 9.49. The lowest BCUT2D eigenvalue weighted by Crippen LogP contribution is -2.35. The minimum Gasteiger partial charge on any atom is -0.467 e. The van der Waals surface area contributed by atoms with Gasteiger partial charge in [-0.25, -0.2) is 4.98 Å². The summed E-state index contributed by atoms with van der Waals surface area (Å²) in [6.45, 7) is 1.08. The number of rotatable bonds is 7. The van der Waals surface area contributed by atoms with E-state index in [1.807, 2.05) is 0 Å². The van der Waals surface area contributed by atoms with Crippen LogP contribution in [0.25, 0.3) is 16.7 Å². The number of carbonyl (C=O) groups excluding carboxylic acids is 1. The smallest absolute Gasteiger partial charge is 0.267 e. The predicted octanol–water partition coefficient (Wildman–Crippen LogP) is 1.54. The molecule has 0 unspecified atom stereocenters. The van der Waals surface area contributed by atoms with Crippen LogP contribution in [0, 0.1) is 5.41 Å². The van der Waals surface area contributed by atoms with E-state index in [2.05, 4.69) is 10.3 Å². The van der Waals surface area contributed by atoms with Gasteiger partial charge >= 0.3 is 0 Å². The molecule has 0 aliphatic rings. The molecular weight excluding hydrogens is 386 g/mol. The highest BCUT2D eigenvalue weighted by Gasteiger charge is 2.18. The number of ether oxygens (including phenoxy) is 1. The lowest BCUT2D eigenvalue weighted by atomic mass is 10.2. The molecule has 0 radical (unpaired) electrons. The van der Waals surface area contributed by atoms with Crippen LogP contribution >= 0.6 is 0 Å². The van der Waals surface area contributed by atoms with Gasteiger partial charge in [0.25, 0.3) is 11.5 Å². The summed E-state index contributed by atoms with van der Waals surface area (Å²) in [5, 5.41) is 11.7. The first-order chi connectivity index (χ1) is 14.6. The number of aromatic nitrogens is 3. The number of carbonyl (C=O) groups is 1. The zero-order valence-corrected chi connectivity index (χ0v) is 16.4. The second-order valence-electron chi connectivity index (χ2n) is 6.76. The maximum absolute atomic E-state index is 13.1. The van der Waals surface area contributed by atoms with Crippen LogP contribution in [0.1, 0.15) is 22.5 Å². The third-order valence-corrected chi connectivity index (χ3v) is 4.77. The molecule has 0 fully saturated rings. The molecule has 9 nitrogen and oxygen atoms in total. The van der Waals surface area contributed by atoms with Crippen LogP contribution in [-0.2, 0) is 11.3 Å². The van der Waals surface area contributed by atoms with Crippen LogP contribution in [0.2, 0.25) is 0 Å². The molecule has 0 aliphatic carbocycles. The average Bonchev–Trinajstić information content (AvgIpc) is 3.27. The standard InChI is InChI=1S/C21H21N5O4/c1-29-10-5-8-23-20(27)15-12-16-19(24-17-7-2-3-9-25(17)21(16)28)26(18(15)22)13-14-6-4-11-30-14/h2-4,6-7,9,11-12,22H,5,8,10,13H2,1H3,(H,23,27). The van der Waals surface area contributed by atoms with E-state index in [4.69, 9.17) is 14.6 Å². The number of hydrogen-bond donors (Lipinski definition) is 2. The minimum atomic E-state index is -0.427. The lowest BCUT2D eigenvalue weighted by molar-refractivity contribution is 0.0946. The normalized spacial score (nSPS) is 11.2. The Kier molecular flexibility index (Phi) is 5.44. The van der Waals surface area contributed by atoms with Crippen LogP contribution < -0.4 is 16.4 Å². The second kappa shape index (κ2) is 8.34. The highest BCUT2D eigenvalue weighted by atomic mass is 16.5. The molecule has 0 bridgehead atoms. The SMILES string of the molecule is COCCCNC(=O)c1cc2c(=O)n3ccccc3nc2n(Cc2ccco2)c1=N. The zero-order valence-electron chi connectivity index (χ0n) is 16.4. The fourth-order valence-corrected chi connectivity index (χ4v) is 3.29. The summed E-state index contributed by atoms with van der Waals surface area (Å²) in [6.07, 6.45) is 3.80. The summed E-state index contributed by atoms with van der Waals surface area (Å²) in [5.41, 5.74) is 0.525. The Morgan fingerprint density at radius 3 is 2.93 bits per heavy atom. The van der Waals surface area contributed by atoms with Crippen LogP contribution in [0.15, 0.2) is 58.1 Å². The summed E-state index contributed by atoms with van der Waals surface area (Å²) in [6, 6.07) is 10.2. The van der Waals surface area contributed by atoms with Gasteiger partial charge in [0.1, 0.15) is 22.5 Å². The maximum Gasteiger partial charge on any atom is 0.267 e. The van der Waals surface area contributed by atoms with E-state index in [-0.39, 0.29) is 28.5 Å². The predicted molar refractivity (Wildman–Crippen MR) is 109 cm³/mol. The number of furan rings is 1. The van der Waals surface area contributed by atoms with Crippen molar-refractivity contribution in [3.63, 3.8) is 0 Å². The van der Waals surface area contributed by atoms with Gasteiger partial charge in [0.05, 0.1) is 23.8 Å². The fraction of sp³-hybridized carbons (Fsp3) is 0.238. The van der Waals surface area contributed by atoms with Crippen LogP contribution in [-0.4, -0.2) is 40.1 Å². The molecule has 4 heterocycles. The summed E-state index contributed by atoms with van der Waals surface area (Å²) < 4.78 is 13.4. The molecule has 154 valence electrons. The highest BCUT2D eigenvalue weighted by Crippen LogP contribution is 2.12. The van der Waals surface area contributed by atoms with Gasteiger partial charge in [-0.1, -0.05) is 6.07 Å². The third-order valence-electron chi connectivity index (χ3n) is 4.77. The van der Waals surface area contributed by atoms with Gasteiger partial charge in [-0.2, -0.15) is 0 Å². The van der Waals surface area contributed by atoms with Gasteiger partial charge in [-0.05, 0) is 36.8 Å². The number of amides is 1. The fourth-order valence-electron chi connectivity index (χ4n) is 3.29. The van der Waals surface area contributed by atoms with Crippen molar-refractivity contribution in [3.8, 4) is 0 Å². The molecule has 0 saturated heterocycles. The van der Waals surface area contributed by atoms with Gasteiger partial charge in [0.15, 0.2) is 0 Å². The molecule has 0 spiro atoms. The monoisotopic (exact) mass is 407 g/mol. The molecule has 0 atom stereocenters. The molecular formula is C21H21N5O4. The van der Waals surface area contributed by atoms with Crippen molar-refractivity contribution in [2.24, 2.45) is 0 Å². The Hall–Kier alpha value is -3.72. The number of hydrogen-bond acceptors (Lipinski definition) is 6. The first-order valence-corrected chi connectivity index (χ1v) is 9.49. The quantitative estimate of drug-likeness (QED) is 0.356. The van der Waals surface area contributed by atoms with E-state index >= 15 is 0 Å². The van der Waals surface area contributed by atoms with Crippen molar-refractivity contribution in [3.05, 3.63) is 76.0 Å². The Bertz CT molecular complexity index is 1320. The number of nitrogens with one attached hydrogen (secondary N) is 2. The van der Waals surface area contributed by atoms with Crippen molar-refractivity contribution >= 4 is 22.6 Å². The molecule has 9 heteroatoms. The average molecular weight is 407 g/mol. The van der Waals surface area contributed by atoms with E-state index < -0.39 is 5.91 Å². The Labute approximate surface area is 171 Å². The molecule has 4 rings (SSSR count). The summed E-state index contributed by atoms with van der Waals surface area (Å²) >= 11 is 0. The minimum absolute atomic E-state index is 0.0460. The third kappa shape index (κ3) is 3.62. The van der Waals surface area contributed by atoms with Crippen molar-refractivity contribution in [1.82, 2.24) is 19.3 Å². The van der Waals surface area contributed by atoms with Crippen molar-refractivity contribution in [2.75, 3.05) is 20.3 Å². The molecule has 0 aliphatic heterocycles. The van der Waals surface area contributed by atoms with Crippen molar-refractivity contribution in [2.45, 2.75) is 13.0 Å². The molecule has 0 saturated carbocycles. The van der Waals surface area contributed by atoms with E-state index in [0.29, 0.717) is 36.6 Å². The molecule has 1 amide bonds. The Morgan fingerprint density at radius 1 is 1.30 bits per heavy atom. The number of nitrogens with zero attached hydrogens (tertiary/aromatic N) is 3. The second-order valence-corrected chi connectivity index (χ2v) is 6.76. The van der Waals surface area contributed by atoms with Crippen LogP contribution in [0.4, 0.5) is 0 Å². The van der Waals surface area contributed by atoms with Crippen molar-refractivity contribution in [1.29, 1.82) is 5.41 Å². The number of fused-ring (bicyclic) bond motifs is 2. The summed E-state index contributed by atoms with van der Waals surface area (Å²) in [4.78, 5) is 30.5. The Balaban J connectivity index is 1.90. The largest absolute Gasteiger partial charge is 0.467 e. The maximum atomic E-state index is 13.1. The number of pyridine rings is 2. The van der Waals surface area contributed by atoms with Crippen molar-refractivity contribution < 1.29 is 13.9 Å². The molecule has 30 heavy (non-hydrogen) atoms. The van der Waals surface area contributed by atoms with E-state index in [0.717, 1.165) is 0 Å². The van der Waals surface area contributed by atoms with E-state index in [9.17, 15) is 9.59 Å². The summed E-state index contributed by atoms with van der Waals surface area (Å²) in [5.74, 6) is 0.159. The van der Waals surface area contributed by atoms with Crippen LogP contribution in [0.5, 0.6) is 0 Å². The van der Waals surface area contributed by atoms with Gasteiger partial charge in [-0.15, -0.1) is 0 Å². The van der Waals surface area contributed by atoms with E-state index in [1.165, 1.54) is 21.3 Å². The van der Waals surface area contributed by atoms with Crippen LogP contribution in [0.3, 0.4) is 0 Å². The zero-order chi connectivity index (χ0) is 21.1. The van der Waals surface area contributed by atoms with Gasteiger partial charge in [0, 0.05) is 26.5 Å². The molecule has 4 aromatic rings. The van der Waals surface area contributed by atoms with Gasteiger partial charge in [0.2, 0.25) is 0 Å². The molecule has 2 N–H and O–H groups in total. The molecule has 4 aromatic heterocycles. The van der Waals surface area contributed by atoms with E-state index in [1.54, 1.807) is 43.6 Å². The van der Waals surface area contributed by atoms with Gasteiger partial charge < -0.3 is 19.0 Å². The number of methoxy groups -OCH3 is 1. The topological polar surface area (TPSA) is 115 Å². The molecule has 0 aromatic carbocycles. The van der Waals surface area contributed by atoms with Gasteiger partial charge in [-0.3, -0.25) is 19.4 Å². The summed E-state index contributed by atoms with van der Waals surface area (Å²) in [7, 11) is 1.59.